The molecule has 0 aromatic carbocycles. The Balaban J connectivity index is 2.35. The van der Waals surface area contributed by atoms with Gasteiger partial charge in [-0.25, -0.2) is 4.98 Å². The number of nitrogens with two attached hydrogens (primary N) is 1. The van der Waals surface area contributed by atoms with Gasteiger partial charge in [-0.3, -0.25) is 4.79 Å². The summed E-state index contributed by atoms with van der Waals surface area (Å²) in [7, 11) is 0. The Morgan fingerprint density at radius 3 is 2.79 bits per heavy atom. The summed E-state index contributed by atoms with van der Waals surface area (Å²) in [6.45, 7) is 1.82. The molecule has 1 aliphatic carbocycles. The average molecular weight is 194 g/mol. The highest BCUT2D eigenvalue weighted by Gasteiger charge is 2.47. The van der Waals surface area contributed by atoms with Crippen molar-refractivity contribution in [3.8, 4) is 0 Å². The van der Waals surface area contributed by atoms with E-state index in [9.17, 15) is 4.79 Å². The Kier molecular flexibility index (Phi) is 2.06. The van der Waals surface area contributed by atoms with E-state index in [1.165, 1.54) is 6.26 Å². The largest absolute Gasteiger partial charge is 0.448 e. The summed E-state index contributed by atoms with van der Waals surface area (Å²) in [5, 5.41) is 0. The average Bonchev–Trinajstić information content (AvgIpc) is 2.51. The number of hydrogen-bond donors (Lipinski definition) is 1. The van der Waals surface area contributed by atoms with Gasteiger partial charge in [0.05, 0.1) is 6.20 Å². The Morgan fingerprint density at radius 1 is 1.71 bits per heavy atom. The zero-order valence-corrected chi connectivity index (χ0v) is 8.19. The molecule has 4 nitrogen and oxygen atoms in total. The smallest absolute Gasteiger partial charge is 0.233 e. The molecule has 1 atom stereocenters. The maximum absolute atomic E-state index is 11.5. The van der Waals surface area contributed by atoms with Gasteiger partial charge in [-0.05, 0) is 25.7 Å². The molecule has 1 aromatic heterocycles. The minimum Gasteiger partial charge on any atom is -0.448 e. The Hall–Kier alpha value is -1.32. The molecule has 4 heteroatoms. The maximum Gasteiger partial charge on any atom is 0.233 e. The number of nitrogens with zero attached hydrogens (tertiary/aromatic N) is 1. The van der Waals surface area contributed by atoms with E-state index in [4.69, 9.17) is 10.2 Å². The van der Waals surface area contributed by atoms with Gasteiger partial charge in [0, 0.05) is 0 Å². The zero-order valence-electron chi connectivity index (χ0n) is 8.19. The Morgan fingerprint density at radius 2 is 2.43 bits per heavy atom. The highest BCUT2D eigenvalue weighted by Crippen LogP contribution is 2.43. The van der Waals surface area contributed by atoms with Crippen LogP contribution < -0.4 is 5.73 Å². The van der Waals surface area contributed by atoms with Crippen molar-refractivity contribution in [3.63, 3.8) is 0 Å². The summed E-state index contributed by atoms with van der Waals surface area (Å²) in [5.41, 5.74) is 4.71. The van der Waals surface area contributed by atoms with E-state index < -0.39 is 5.41 Å². The van der Waals surface area contributed by atoms with Crippen LogP contribution in [0.4, 0.5) is 0 Å². The molecule has 1 unspecified atom stereocenters. The first-order chi connectivity index (χ1) is 6.65. The van der Waals surface area contributed by atoms with Crippen molar-refractivity contribution in [2.24, 2.45) is 11.7 Å². The molecular weight excluding hydrogens is 180 g/mol. The highest BCUT2D eigenvalue weighted by atomic mass is 16.3. The third-order valence-corrected chi connectivity index (χ3v) is 3.31. The van der Waals surface area contributed by atoms with Gasteiger partial charge in [0.2, 0.25) is 11.8 Å². The van der Waals surface area contributed by atoms with Crippen LogP contribution in [0.15, 0.2) is 16.9 Å². The van der Waals surface area contributed by atoms with Crippen LogP contribution in [-0.2, 0) is 10.2 Å². The van der Waals surface area contributed by atoms with Gasteiger partial charge >= 0.3 is 0 Å². The van der Waals surface area contributed by atoms with Gasteiger partial charge in [0.1, 0.15) is 11.7 Å². The van der Waals surface area contributed by atoms with Crippen molar-refractivity contribution in [2.75, 3.05) is 0 Å². The van der Waals surface area contributed by atoms with Crippen LogP contribution in [0.25, 0.3) is 0 Å². The van der Waals surface area contributed by atoms with E-state index in [-0.39, 0.29) is 5.91 Å². The molecule has 0 radical (unpaired) electrons. The lowest BCUT2D eigenvalue weighted by Crippen LogP contribution is -2.47. The van der Waals surface area contributed by atoms with Crippen LogP contribution in [0.3, 0.4) is 0 Å². The van der Waals surface area contributed by atoms with E-state index in [2.05, 4.69) is 4.98 Å². The maximum atomic E-state index is 11.5. The second-order valence-electron chi connectivity index (χ2n) is 4.03. The molecule has 0 saturated heterocycles. The van der Waals surface area contributed by atoms with Crippen molar-refractivity contribution in [1.82, 2.24) is 4.98 Å². The molecule has 1 amide bonds. The number of rotatable bonds is 3. The van der Waals surface area contributed by atoms with Gasteiger partial charge in [0.15, 0.2) is 0 Å². The Bertz CT molecular complexity index is 330. The summed E-state index contributed by atoms with van der Waals surface area (Å²) in [6, 6.07) is 0. The van der Waals surface area contributed by atoms with E-state index >= 15 is 0 Å². The lowest BCUT2D eigenvalue weighted by Gasteiger charge is -2.38. The Labute approximate surface area is 82.5 Å². The van der Waals surface area contributed by atoms with Crippen molar-refractivity contribution in [3.05, 3.63) is 18.4 Å². The van der Waals surface area contributed by atoms with E-state index in [1.807, 2.05) is 6.92 Å². The molecule has 0 spiro atoms. The van der Waals surface area contributed by atoms with Gasteiger partial charge in [-0.1, -0.05) is 6.42 Å². The lowest BCUT2D eigenvalue weighted by atomic mass is 9.65. The summed E-state index contributed by atoms with van der Waals surface area (Å²) in [6.07, 6.45) is 6.25. The fourth-order valence-corrected chi connectivity index (χ4v) is 1.95. The number of amides is 1. The first-order valence-corrected chi connectivity index (χ1v) is 4.85. The molecule has 1 fully saturated rings. The summed E-state index contributed by atoms with van der Waals surface area (Å²) >= 11 is 0. The third kappa shape index (κ3) is 1.14. The van der Waals surface area contributed by atoms with Crippen LogP contribution in [0.5, 0.6) is 0 Å². The fourth-order valence-electron chi connectivity index (χ4n) is 1.95. The second kappa shape index (κ2) is 3.12. The molecule has 1 heterocycles. The van der Waals surface area contributed by atoms with Crippen LogP contribution >= 0.6 is 0 Å². The van der Waals surface area contributed by atoms with E-state index in [0.717, 1.165) is 19.3 Å². The molecule has 1 aromatic rings. The van der Waals surface area contributed by atoms with Crippen molar-refractivity contribution in [2.45, 2.75) is 31.6 Å². The molecule has 0 aliphatic heterocycles. The monoisotopic (exact) mass is 194 g/mol. The van der Waals surface area contributed by atoms with Crippen LogP contribution in [0, 0.1) is 5.92 Å². The summed E-state index contributed by atoms with van der Waals surface area (Å²) in [4.78, 5) is 15.5. The first kappa shape index (κ1) is 9.24. The van der Waals surface area contributed by atoms with Crippen LogP contribution in [0.2, 0.25) is 0 Å². The minimum absolute atomic E-state index is 0.290. The number of aromatic nitrogens is 1. The number of hydrogen-bond acceptors (Lipinski definition) is 3. The molecule has 2 N–H and O–H groups in total. The summed E-state index contributed by atoms with van der Waals surface area (Å²) in [5.74, 6) is 0.401. The quantitative estimate of drug-likeness (QED) is 0.786. The van der Waals surface area contributed by atoms with Gasteiger partial charge in [-0.2, -0.15) is 0 Å². The molecular formula is C10H14N2O2. The van der Waals surface area contributed by atoms with Crippen LogP contribution in [0.1, 0.15) is 32.1 Å². The number of oxazole rings is 1. The summed E-state index contributed by atoms with van der Waals surface area (Å²) < 4.78 is 5.20. The fraction of sp³-hybridized carbons (Fsp3) is 0.600. The molecule has 14 heavy (non-hydrogen) atoms. The molecule has 1 saturated carbocycles. The molecule has 76 valence electrons. The number of carbonyl (C=O) groups excluding carboxylic acids is 1. The van der Waals surface area contributed by atoms with Gasteiger partial charge < -0.3 is 10.2 Å². The van der Waals surface area contributed by atoms with E-state index in [0.29, 0.717) is 11.8 Å². The third-order valence-electron chi connectivity index (χ3n) is 3.31. The predicted molar refractivity (Wildman–Crippen MR) is 50.4 cm³/mol. The SMILES string of the molecule is CC(C(N)=O)(c1ncco1)C1CCC1. The predicted octanol–water partition coefficient (Wildman–Crippen LogP) is 1.22. The van der Waals surface area contributed by atoms with E-state index in [1.54, 1.807) is 6.20 Å². The minimum atomic E-state index is -0.720. The normalized spacial score (nSPS) is 21.2. The van der Waals surface area contributed by atoms with Crippen molar-refractivity contribution in [1.29, 1.82) is 0 Å². The zero-order chi connectivity index (χ0) is 10.2. The van der Waals surface area contributed by atoms with Crippen molar-refractivity contribution < 1.29 is 9.21 Å². The van der Waals surface area contributed by atoms with Crippen LogP contribution in [-0.4, -0.2) is 10.9 Å². The highest BCUT2D eigenvalue weighted by molar-refractivity contribution is 5.85. The topological polar surface area (TPSA) is 69.1 Å². The molecule has 2 rings (SSSR count). The van der Waals surface area contributed by atoms with Gasteiger partial charge in [-0.15, -0.1) is 0 Å². The lowest BCUT2D eigenvalue weighted by molar-refractivity contribution is -0.127. The molecule has 1 aliphatic rings. The second-order valence-corrected chi connectivity index (χ2v) is 4.03. The first-order valence-electron chi connectivity index (χ1n) is 4.85. The number of carbonyl (C=O) groups is 1. The molecule has 0 bridgehead atoms. The standard InChI is InChI=1S/C10H14N2O2/c1-10(8(11)13,7-3-2-4-7)9-12-5-6-14-9/h5-7H,2-4H2,1H3,(H2,11,13). The number of primary amides is 1. The van der Waals surface area contributed by atoms with Gasteiger partial charge in [0.25, 0.3) is 0 Å². The van der Waals surface area contributed by atoms with Crippen molar-refractivity contribution >= 4 is 5.91 Å².